The summed E-state index contributed by atoms with van der Waals surface area (Å²) >= 11 is 5.71. The third-order valence-electron chi connectivity index (χ3n) is 2.04. The number of carboxylic acid groups (broad SMARTS) is 1. The van der Waals surface area contributed by atoms with Gasteiger partial charge in [0.25, 0.3) is 5.56 Å². The van der Waals surface area contributed by atoms with E-state index < -0.39 is 17.6 Å². The Hall–Kier alpha value is -1.56. The van der Waals surface area contributed by atoms with Crippen molar-refractivity contribution in [2.24, 2.45) is 5.92 Å². The molecule has 0 fully saturated rings. The van der Waals surface area contributed by atoms with Gasteiger partial charge in [-0.1, -0.05) is 25.4 Å². The van der Waals surface area contributed by atoms with Gasteiger partial charge in [-0.3, -0.25) is 4.79 Å². The Labute approximate surface area is 96.6 Å². The molecule has 88 valence electrons. The van der Waals surface area contributed by atoms with E-state index in [-0.39, 0.29) is 16.6 Å². The zero-order valence-electron chi connectivity index (χ0n) is 8.82. The van der Waals surface area contributed by atoms with Gasteiger partial charge in [-0.25, -0.2) is 9.89 Å². The first kappa shape index (κ1) is 12.5. The normalized spacial score (nSPS) is 12.5. The molecule has 1 heterocycles. The number of carbonyl (C=O) groups is 1. The molecule has 1 aromatic rings. The maximum absolute atomic E-state index is 11.1. The van der Waals surface area contributed by atoms with E-state index in [9.17, 15) is 9.59 Å². The van der Waals surface area contributed by atoms with Crippen molar-refractivity contribution in [3.8, 4) is 0 Å². The smallest absolute Gasteiger partial charge is 0.326 e. The highest BCUT2D eigenvalue weighted by atomic mass is 35.5. The minimum absolute atomic E-state index is 0.0955. The number of H-pyrrole nitrogens is 1. The van der Waals surface area contributed by atoms with Crippen LogP contribution in [-0.4, -0.2) is 27.3 Å². The summed E-state index contributed by atoms with van der Waals surface area (Å²) in [6.07, 6.45) is 1.28. The van der Waals surface area contributed by atoms with Gasteiger partial charge in [-0.05, 0) is 5.92 Å². The number of hydrogen-bond acceptors (Lipinski definition) is 4. The summed E-state index contributed by atoms with van der Waals surface area (Å²) in [6, 6.07) is -0.818. The lowest BCUT2D eigenvalue weighted by Gasteiger charge is -2.19. The minimum Gasteiger partial charge on any atom is -0.480 e. The summed E-state index contributed by atoms with van der Waals surface area (Å²) in [7, 11) is 0. The Balaban J connectivity index is 2.99. The number of aromatic nitrogens is 2. The van der Waals surface area contributed by atoms with Crippen molar-refractivity contribution < 1.29 is 9.90 Å². The van der Waals surface area contributed by atoms with E-state index in [4.69, 9.17) is 16.7 Å². The molecule has 16 heavy (non-hydrogen) atoms. The van der Waals surface area contributed by atoms with Gasteiger partial charge in [-0.15, -0.1) is 0 Å². The van der Waals surface area contributed by atoms with Crippen LogP contribution in [0.3, 0.4) is 0 Å². The van der Waals surface area contributed by atoms with Crippen molar-refractivity contribution >= 4 is 23.3 Å². The Bertz CT molecular complexity index is 444. The first-order chi connectivity index (χ1) is 7.43. The Morgan fingerprint density at radius 2 is 2.25 bits per heavy atom. The van der Waals surface area contributed by atoms with E-state index in [1.54, 1.807) is 13.8 Å². The molecule has 0 aliphatic carbocycles. The number of rotatable bonds is 4. The van der Waals surface area contributed by atoms with Crippen molar-refractivity contribution in [3.63, 3.8) is 0 Å². The van der Waals surface area contributed by atoms with Gasteiger partial charge in [0.05, 0.1) is 11.9 Å². The van der Waals surface area contributed by atoms with Gasteiger partial charge >= 0.3 is 5.97 Å². The fourth-order valence-electron chi connectivity index (χ4n) is 1.17. The molecule has 0 radical (unpaired) electrons. The maximum Gasteiger partial charge on any atom is 0.326 e. The minimum atomic E-state index is -1.01. The molecule has 0 amide bonds. The van der Waals surface area contributed by atoms with Crippen LogP contribution in [-0.2, 0) is 4.79 Å². The number of nitrogens with zero attached hydrogens (tertiary/aromatic N) is 1. The molecule has 1 atom stereocenters. The molecule has 0 aromatic carbocycles. The summed E-state index contributed by atoms with van der Waals surface area (Å²) in [5.41, 5.74) is -0.342. The molecule has 0 bridgehead atoms. The number of anilines is 1. The number of aliphatic carboxylic acids is 1. The van der Waals surface area contributed by atoms with Gasteiger partial charge in [0.1, 0.15) is 11.1 Å². The second kappa shape index (κ2) is 4.98. The second-order valence-corrected chi connectivity index (χ2v) is 4.01. The quantitative estimate of drug-likeness (QED) is 0.734. The highest BCUT2D eigenvalue weighted by molar-refractivity contribution is 6.32. The topological polar surface area (TPSA) is 95.1 Å². The molecule has 0 saturated carbocycles. The van der Waals surface area contributed by atoms with Crippen LogP contribution >= 0.6 is 11.6 Å². The molecule has 7 heteroatoms. The van der Waals surface area contributed by atoms with Crippen LogP contribution in [0.1, 0.15) is 13.8 Å². The first-order valence-corrected chi connectivity index (χ1v) is 5.03. The lowest BCUT2D eigenvalue weighted by atomic mass is 10.0. The lowest BCUT2D eigenvalue weighted by Crippen LogP contribution is -2.34. The third-order valence-corrected chi connectivity index (χ3v) is 2.41. The summed E-state index contributed by atoms with van der Waals surface area (Å²) in [5.74, 6) is -1.15. The van der Waals surface area contributed by atoms with Crippen LogP contribution in [0.4, 0.5) is 5.69 Å². The number of halogens is 1. The second-order valence-electron chi connectivity index (χ2n) is 3.63. The van der Waals surface area contributed by atoms with Crippen molar-refractivity contribution in [1.82, 2.24) is 10.2 Å². The van der Waals surface area contributed by atoms with Gasteiger partial charge in [0.15, 0.2) is 0 Å². The standard InChI is InChI=1S/C9H12ClN3O3/c1-4(2)7(9(15)16)12-5-3-11-13-8(14)6(5)10/h3-4,7H,1-2H3,(H,15,16)(H2,12,13,14)/t7-/m1/s1. The van der Waals surface area contributed by atoms with E-state index in [1.807, 2.05) is 0 Å². The van der Waals surface area contributed by atoms with Crippen LogP contribution in [0.5, 0.6) is 0 Å². The van der Waals surface area contributed by atoms with Crippen LogP contribution in [0.2, 0.25) is 5.02 Å². The third kappa shape index (κ3) is 2.73. The molecule has 0 spiro atoms. The fraction of sp³-hybridized carbons (Fsp3) is 0.444. The number of hydrogen-bond donors (Lipinski definition) is 3. The highest BCUT2D eigenvalue weighted by Gasteiger charge is 2.22. The Morgan fingerprint density at radius 1 is 1.62 bits per heavy atom. The molecular weight excluding hydrogens is 234 g/mol. The molecule has 0 aliphatic rings. The fourth-order valence-corrected chi connectivity index (χ4v) is 1.31. The van der Waals surface area contributed by atoms with Crippen molar-refractivity contribution in [2.45, 2.75) is 19.9 Å². The van der Waals surface area contributed by atoms with Crippen molar-refractivity contribution in [1.29, 1.82) is 0 Å². The van der Waals surface area contributed by atoms with Crippen LogP contribution in [0, 0.1) is 5.92 Å². The van der Waals surface area contributed by atoms with E-state index in [1.165, 1.54) is 6.20 Å². The zero-order chi connectivity index (χ0) is 12.3. The summed E-state index contributed by atoms with van der Waals surface area (Å²) in [5, 5.41) is 17.2. The average Bonchev–Trinajstić information content (AvgIpc) is 2.19. The van der Waals surface area contributed by atoms with Crippen molar-refractivity contribution in [2.75, 3.05) is 5.32 Å². The molecule has 6 nitrogen and oxygen atoms in total. The monoisotopic (exact) mass is 245 g/mol. The number of nitrogens with one attached hydrogen (secondary N) is 2. The number of carboxylic acids is 1. The summed E-state index contributed by atoms with van der Waals surface area (Å²) in [4.78, 5) is 22.1. The Morgan fingerprint density at radius 3 is 2.75 bits per heavy atom. The van der Waals surface area contributed by atoms with E-state index in [2.05, 4.69) is 15.5 Å². The molecule has 0 unspecified atom stereocenters. The molecular formula is C9H12ClN3O3. The van der Waals surface area contributed by atoms with Gasteiger partial charge in [0, 0.05) is 0 Å². The predicted octanol–water partition coefficient (Wildman–Crippen LogP) is 0.944. The molecule has 1 aromatic heterocycles. The molecule has 3 N–H and O–H groups in total. The van der Waals surface area contributed by atoms with E-state index in [0.717, 1.165) is 0 Å². The van der Waals surface area contributed by atoms with Crippen LogP contribution in [0.15, 0.2) is 11.0 Å². The lowest BCUT2D eigenvalue weighted by molar-refractivity contribution is -0.138. The van der Waals surface area contributed by atoms with Gasteiger partial charge in [-0.2, -0.15) is 5.10 Å². The van der Waals surface area contributed by atoms with E-state index in [0.29, 0.717) is 0 Å². The SMILES string of the molecule is CC(C)[C@@H](Nc1cn[nH]c(=O)c1Cl)C(=O)O. The average molecular weight is 246 g/mol. The zero-order valence-corrected chi connectivity index (χ0v) is 9.58. The maximum atomic E-state index is 11.1. The van der Waals surface area contributed by atoms with E-state index >= 15 is 0 Å². The molecule has 0 saturated heterocycles. The summed E-state index contributed by atoms with van der Waals surface area (Å²) < 4.78 is 0. The highest BCUT2D eigenvalue weighted by Crippen LogP contribution is 2.18. The number of aromatic amines is 1. The Kier molecular flexibility index (Phi) is 3.89. The first-order valence-electron chi connectivity index (χ1n) is 4.66. The van der Waals surface area contributed by atoms with Crippen molar-refractivity contribution in [3.05, 3.63) is 21.6 Å². The summed E-state index contributed by atoms with van der Waals surface area (Å²) in [6.45, 7) is 3.50. The van der Waals surface area contributed by atoms with Crippen LogP contribution < -0.4 is 10.9 Å². The predicted molar refractivity (Wildman–Crippen MR) is 59.8 cm³/mol. The van der Waals surface area contributed by atoms with Crippen LogP contribution in [0.25, 0.3) is 0 Å². The largest absolute Gasteiger partial charge is 0.480 e. The molecule has 0 aliphatic heterocycles. The van der Waals surface area contributed by atoms with Gasteiger partial charge in [0.2, 0.25) is 0 Å². The molecule has 1 rings (SSSR count). The van der Waals surface area contributed by atoms with Gasteiger partial charge < -0.3 is 10.4 Å².